The van der Waals surface area contributed by atoms with E-state index in [-0.39, 0.29) is 5.82 Å². The van der Waals surface area contributed by atoms with Crippen LogP contribution in [0.4, 0.5) is 4.39 Å². The summed E-state index contributed by atoms with van der Waals surface area (Å²) in [6, 6.07) is 15.5. The Bertz CT molecular complexity index is 522. The fourth-order valence-corrected chi connectivity index (χ4v) is 2.07. The first kappa shape index (κ1) is 12.8. The normalized spacial score (nSPS) is 12.1. The van der Waals surface area contributed by atoms with Crippen LogP contribution in [0.25, 0.3) is 0 Å². The molecule has 0 fully saturated rings. The Morgan fingerprint density at radius 3 is 2.22 bits per heavy atom. The molecule has 1 atom stereocenters. The average molecular weight is 263 g/mol. The molecule has 92 valence electrons. The van der Waals surface area contributed by atoms with Crippen molar-refractivity contribution in [3.63, 3.8) is 0 Å². The zero-order chi connectivity index (χ0) is 13.0. The Morgan fingerprint density at radius 2 is 1.67 bits per heavy atom. The van der Waals surface area contributed by atoms with Crippen molar-refractivity contribution < 1.29 is 9.18 Å². The molecule has 2 rings (SSSR count). The molecule has 0 saturated carbocycles. The molecule has 0 aliphatic rings. The van der Waals surface area contributed by atoms with E-state index in [1.54, 1.807) is 12.1 Å². The van der Waals surface area contributed by atoms with Gasteiger partial charge in [0.05, 0.1) is 5.92 Å². The number of halogens is 2. The van der Waals surface area contributed by atoms with Crippen LogP contribution in [0, 0.1) is 5.82 Å². The Morgan fingerprint density at radius 1 is 1.06 bits per heavy atom. The zero-order valence-corrected chi connectivity index (χ0v) is 10.4. The highest BCUT2D eigenvalue weighted by atomic mass is 35.5. The van der Waals surface area contributed by atoms with Gasteiger partial charge in [0.2, 0.25) is 5.24 Å². The maximum atomic E-state index is 12.8. The smallest absolute Gasteiger partial charge is 0.229 e. The standard InChI is InChI=1S/C15H12ClFO/c16-15(18)14(12-4-2-1-3-5-12)10-11-6-8-13(17)9-7-11/h1-9,14H,10H2. The van der Waals surface area contributed by atoms with Crippen LogP contribution >= 0.6 is 11.6 Å². The van der Waals surface area contributed by atoms with E-state index in [1.807, 2.05) is 30.3 Å². The van der Waals surface area contributed by atoms with Crippen LogP contribution in [0.5, 0.6) is 0 Å². The highest BCUT2D eigenvalue weighted by Gasteiger charge is 2.18. The van der Waals surface area contributed by atoms with Crippen molar-refractivity contribution in [3.05, 3.63) is 71.5 Å². The summed E-state index contributed by atoms with van der Waals surface area (Å²) in [5.74, 6) is -0.675. The number of carbonyl (C=O) groups is 1. The van der Waals surface area contributed by atoms with Gasteiger partial charge in [0, 0.05) is 0 Å². The van der Waals surface area contributed by atoms with E-state index in [9.17, 15) is 9.18 Å². The average Bonchev–Trinajstić information content (AvgIpc) is 2.38. The number of benzene rings is 2. The van der Waals surface area contributed by atoms with E-state index < -0.39 is 11.2 Å². The van der Waals surface area contributed by atoms with Crippen LogP contribution in [0.2, 0.25) is 0 Å². The van der Waals surface area contributed by atoms with E-state index in [1.165, 1.54) is 12.1 Å². The third-order valence-electron chi connectivity index (χ3n) is 2.83. The first-order valence-corrected chi connectivity index (χ1v) is 6.03. The molecule has 0 N–H and O–H groups in total. The molecular weight excluding hydrogens is 251 g/mol. The second-order valence-corrected chi connectivity index (χ2v) is 4.47. The Kier molecular flexibility index (Phi) is 4.11. The van der Waals surface area contributed by atoms with Crippen LogP contribution in [-0.4, -0.2) is 5.24 Å². The number of rotatable bonds is 4. The third-order valence-corrected chi connectivity index (χ3v) is 3.09. The van der Waals surface area contributed by atoms with E-state index in [2.05, 4.69) is 0 Å². The first-order valence-electron chi connectivity index (χ1n) is 5.65. The van der Waals surface area contributed by atoms with E-state index in [0.29, 0.717) is 6.42 Å². The predicted octanol–water partition coefficient (Wildman–Crippen LogP) is 3.92. The van der Waals surface area contributed by atoms with Crippen LogP contribution in [0.1, 0.15) is 17.0 Å². The van der Waals surface area contributed by atoms with Crippen molar-refractivity contribution in [1.82, 2.24) is 0 Å². The monoisotopic (exact) mass is 262 g/mol. The SMILES string of the molecule is O=C(Cl)C(Cc1ccc(F)cc1)c1ccccc1. The van der Waals surface area contributed by atoms with Crippen molar-refractivity contribution in [2.24, 2.45) is 0 Å². The Balaban J connectivity index is 2.22. The maximum absolute atomic E-state index is 12.8. The maximum Gasteiger partial charge on any atom is 0.229 e. The second-order valence-electron chi connectivity index (χ2n) is 4.10. The first-order chi connectivity index (χ1) is 8.66. The van der Waals surface area contributed by atoms with E-state index in [0.717, 1.165) is 11.1 Å². The van der Waals surface area contributed by atoms with E-state index >= 15 is 0 Å². The largest absolute Gasteiger partial charge is 0.281 e. The molecule has 0 aromatic heterocycles. The minimum absolute atomic E-state index is 0.285. The molecule has 0 amide bonds. The van der Waals surface area contributed by atoms with Gasteiger partial charge in [-0.1, -0.05) is 42.5 Å². The molecule has 2 aromatic carbocycles. The topological polar surface area (TPSA) is 17.1 Å². The van der Waals surface area contributed by atoms with Gasteiger partial charge in [-0.15, -0.1) is 0 Å². The Labute approximate surface area is 110 Å². The predicted molar refractivity (Wildman–Crippen MR) is 70.1 cm³/mol. The van der Waals surface area contributed by atoms with Crippen molar-refractivity contribution >= 4 is 16.8 Å². The van der Waals surface area contributed by atoms with Crippen LogP contribution in [0.15, 0.2) is 54.6 Å². The molecule has 0 aliphatic heterocycles. The third kappa shape index (κ3) is 3.17. The van der Waals surface area contributed by atoms with Gasteiger partial charge in [0.1, 0.15) is 5.82 Å². The zero-order valence-electron chi connectivity index (χ0n) is 9.64. The molecule has 1 nitrogen and oxygen atoms in total. The Hall–Kier alpha value is -1.67. The number of hydrogen-bond donors (Lipinski definition) is 0. The quantitative estimate of drug-likeness (QED) is 0.764. The lowest BCUT2D eigenvalue weighted by molar-refractivity contribution is -0.113. The lowest BCUT2D eigenvalue weighted by Crippen LogP contribution is -2.10. The van der Waals surface area contributed by atoms with Crippen molar-refractivity contribution in [1.29, 1.82) is 0 Å². The number of carbonyl (C=O) groups excluding carboxylic acids is 1. The molecule has 1 unspecified atom stereocenters. The van der Waals surface area contributed by atoms with Gasteiger partial charge < -0.3 is 0 Å². The lowest BCUT2D eigenvalue weighted by Gasteiger charge is -2.12. The molecule has 0 saturated heterocycles. The molecule has 0 bridgehead atoms. The summed E-state index contributed by atoms with van der Waals surface area (Å²) in [6.07, 6.45) is 0.479. The van der Waals surface area contributed by atoms with Gasteiger partial charge in [-0.05, 0) is 41.3 Å². The summed E-state index contributed by atoms with van der Waals surface area (Å²) in [6.45, 7) is 0. The minimum Gasteiger partial charge on any atom is -0.281 e. The summed E-state index contributed by atoms with van der Waals surface area (Å²) in [5.41, 5.74) is 1.76. The highest BCUT2D eigenvalue weighted by molar-refractivity contribution is 6.64. The molecule has 0 spiro atoms. The molecular formula is C15H12ClFO. The van der Waals surface area contributed by atoms with Gasteiger partial charge in [-0.3, -0.25) is 4.79 Å². The molecule has 3 heteroatoms. The van der Waals surface area contributed by atoms with Crippen molar-refractivity contribution in [3.8, 4) is 0 Å². The van der Waals surface area contributed by atoms with Crippen LogP contribution in [-0.2, 0) is 11.2 Å². The summed E-state index contributed by atoms with van der Waals surface area (Å²) in [4.78, 5) is 11.5. The van der Waals surface area contributed by atoms with Gasteiger partial charge in [-0.25, -0.2) is 4.39 Å². The van der Waals surface area contributed by atoms with Gasteiger partial charge >= 0.3 is 0 Å². The van der Waals surface area contributed by atoms with Crippen molar-refractivity contribution in [2.75, 3.05) is 0 Å². The molecule has 2 aromatic rings. The van der Waals surface area contributed by atoms with Crippen molar-refractivity contribution in [2.45, 2.75) is 12.3 Å². The fourth-order valence-electron chi connectivity index (χ4n) is 1.87. The molecule has 0 heterocycles. The van der Waals surface area contributed by atoms with Gasteiger partial charge in [-0.2, -0.15) is 0 Å². The summed E-state index contributed by atoms with van der Waals surface area (Å²) < 4.78 is 12.8. The summed E-state index contributed by atoms with van der Waals surface area (Å²) in [5, 5.41) is -0.398. The van der Waals surface area contributed by atoms with Gasteiger partial charge in [0.15, 0.2) is 0 Å². The minimum atomic E-state index is -0.398. The van der Waals surface area contributed by atoms with Crippen LogP contribution in [0.3, 0.4) is 0 Å². The lowest BCUT2D eigenvalue weighted by atomic mass is 9.93. The number of hydrogen-bond acceptors (Lipinski definition) is 1. The summed E-state index contributed by atoms with van der Waals surface area (Å²) in [7, 11) is 0. The molecule has 18 heavy (non-hydrogen) atoms. The molecule has 0 aliphatic carbocycles. The van der Waals surface area contributed by atoms with Gasteiger partial charge in [0.25, 0.3) is 0 Å². The second kappa shape index (κ2) is 5.78. The highest BCUT2D eigenvalue weighted by Crippen LogP contribution is 2.23. The van der Waals surface area contributed by atoms with Crippen LogP contribution < -0.4 is 0 Å². The summed E-state index contributed by atoms with van der Waals surface area (Å²) >= 11 is 5.65. The molecule has 0 radical (unpaired) electrons. The fraction of sp³-hybridized carbons (Fsp3) is 0.133. The van der Waals surface area contributed by atoms with E-state index in [4.69, 9.17) is 11.6 Å².